The lowest BCUT2D eigenvalue weighted by molar-refractivity contribution is -0.113. The van der Waals surface area contributed by atoms with Gasteiger partial charge in [0.25, 0.3) is 0 Å². The number of aryl methyl sites for hydroxylation is 1. The number of hydrogen-bond donors (Lipinski definition) is 1. The zero-order valence-corrected chi connectivity index (χ0v) is 19.2. The highest BCUT2D eigenvalue weighted by atomic mass is 79.9. The average molecular weight is 509 g/mol. The van der Waals surface area contributed by atoms with Gasteiger partial charge >= 0.3 is 0 Å². The Kier molecular flexibility index (Phi) is 6.23. The monoisotopic (exact) mass is 507 g/mol. The second-order valence-electron chi connectivity index (χ2n) is 6.68. The quantitative estimate of drug-likeness (QED) is 0.564. The number of nitrogens with zero attached hydrogens (tertiary/aromatic N) is 2. The van der Waals surface area contributed by atoms with Crippen molar-refractivity contribution in [3.05, 3.63) is 62.5 Å². The van der Waals surface area contributed by atoms with Gasteiger partial charge in [0.2, 0.25) is 5.91 Å². The summed E-state index contributed by atoms with van der Waals surface area (Å²) in [6.45, 7) is 5.92. The van der Waals surface area contributed by atoms with Gasteiger partial charge in [0, 0.05) is 20.2 Å². The van der Waals surface area contributed by atoms with E-state index in [0.717, 1.165) is 36.5 Å². The predicted octanol–water partition coefficient (Wildman–Crippen LogP) is 5.83. The van der Waals surface area contributed by atoms with Crippen LogP contribution in [0.1, 0.15) is 25.0 Å². The second kappa shape index (κ2) is 8.29. The maximum atomic E-state index is 12.4. The number of halogens is 2. The fourth-order valence-corrected chi connectivity index (χ4v) is 4.04. The summed E-state index contributed by atoms with van der Waals surface area (Å²) in [7, 11) is 0. The van der Waals surface area contributed by atoms with E-state index in [0.29, 0.717) is 0 Å². The van der Waals surface area contributed by atoms with Gasteiger partial charge in [-0.2, -0.15) is 0 Å². The van der Waals surface area contributed by atoms with Crippen molar-refractivity contribution in [1.82, 2.24) is 0 Å². The Balaban J connectivity index is 1.68. The fraction of sp³-hybridized carbons (Fsp3) is 0.250. The van der Waals surface area contributed by atoms with Gasteiger partial charge in [-0.05, 0) is 56.7 Å². The second-order valence-corrected chi connectivity index (χ2v) is 9.41. The van der Waals surface area contributed by atoms with Gasteiger partial charge in [0.1, 0.15) is 10.7 Å². The van der Waals surface area contributed by atoms with Crippen molar-refractivity contribution in [3.63, 3.8) is 0 Å². The minimum Gasteiger partial charge on any atom is -0.325 e. The number of carbonyl (C=O) groups is 1. The standard InChI is InChI=1S/C20H19Br2N3OS/c1-12-10-15(8-9-16(12)22)23-17(26)11-27-19-18(24-20(2,3)25-19)13-4-6-14(21)7-5-13/h4-10H,11H2,1-3H3,(H,23,26). The van der Waals surface area contributed by atoms with E-state index in [1.54, 1.807) is 0 Å². The van der Waals surface area contributed by atoms with Crippen LogP contribution < -0.4 is 5.32 Å². The summed E-state index contributed by atoms with van der Waals surface area (Å²) in [5, 5.41) is 3.73. The first kappa shape index (κ1) is 20.3. The van der Waals surface area contributed by atoms with E-state index in [-0.39, 0.29) is 11.7 Å². The van der Waals surface area contributed by atoms with Crippen LogP contribution in [0.15, 0.2) is 61.4 Å². The van der Waals surface area contributed by atoms with Gasteiger partial charge in [-0.25, -0.2) is 4.99 Å². The molecule has 140 valence electrons. The van der Waals surface area contributed by atoms with Gasteiger partial charge in [-0.3, -0.25) is 9.79 Å². The number of rotatable bonds is 4. The molecule has 0 aliphatic carbocycles. The first-order valence-electron chi connectivity index (χ1n) is 8.38. The lowest BCUT2D eigenvalue weighted by Gasteiger charge is -2.08. The van der Waals surface area contributed by atoms with Crippen molar-refractivity contribution >= 4 is 66.0 Å². The van der Waals surface area contributed by atoms with Crippen molar-refractivity contribution in [1.29, 1.82) is 0 Å². The lowest BCUT2D eigenvalue weighted by atomic mass is 10.1. The van der Waals surface area contributed by atoms with Crippen molar-refractivity contribution in [2.24, 2.45) is 9.98 Å². The van der Waals surface area contributed by atoms with E-state index < -0.39 is 5.66 Å². The van der Waals surface area contributed by atoms with Gasteiger partial charge < -0.3 is 5.32 Å². The van der Waals surface area contributed by atoms with Crippen LogP contribution in [-0.2, 0) is 4.79 Å². The fourth-order valence-electron chi connectivity index (χ4n) is 2.60. The summed E-state index contributed by atoms with van der Waals surface area (Å²) < 4.78 is 2.03. The molecule has 3 rings (SSSR count). The number of aliphatic imine (C=N–C) groups is 2. The zero-order chi connectivity index (χ0) is 19.6. The Morgan fingerprint density at radius 3 is 2.48 bits per heavy atom. The van der Waals surface area contributed by atoms with Crippen LogP contribution in [0.4, 0.5) is 5.69 Å². The van der Waals surface area contributed by atoms with Crippen molar-refractivity contribution < 1.29 is 4.79 Å². The molecule has 7 heteroatoms. The summed E-state index contributed by atoms with van der Waals surface area (Å²) in [5.41, 5.74) is 3.19. The molecule has 27 heavy (non-hydrogen) atoms. The number of hydrogen-bond acceptors (Lipinski definition) is 4. The van der Waals surface area contributed by atoms with Crippen LogP contribution in [0.3, 0.4) is 0 Å². The first-order chi connectivity index (χ1) is 12.7. The molecule has 0 radical (unpaired) electrons. The van der Waals surface area contributed by atoms with Crippen molar-refractivity contribution in [2.45, 2.75) is 26.4 Å². The van der Waals surface area contributed by atoms with Gasteiger partial charge in [-0.15, -0.1) is 0 Å². The van der Waals surface area contributed by atoms with E-state index >= 15 is 0 Å². The molecule has 0 spiro atoms. The molecule has 4 nitrogen and oxygen atoms in total. The van der Waals surface area contributed by atoms with Gasteiger partial charge in [-0.1, -0.05) is 55.8 Å². The van der Waals surface area contributed by atoms with Crippen LogP contribution >= 0.6 is 43.6 Å². The molecular weight excluding hydrogens is 490 g/mol. The van der Waals surface area contributed by atoms with E-state index in [2.05, 4.69) is 42.2 Å². The van der Waals surface area contributed by atoms with Crippen molar-refractivity contribution in [2.75, 3.05) is 11.1 Å². The molecule has 0 saturated carbocycles. The zero-order valence-electron chi connectivity index (χ0n) is 15.2. The minimum atomic E-state index is -0.510. The normalized spacial score (nSPS) is 15.3. The van der Waals surface area contributed by atoms with Crippen LogP contribution in [-0.4, -0.2) is 28.1 Å². The van der Waals surface area contributed by atoms with Crippen LogP contribution in [0.25, 0.3) is 0 Å². The minimum absolute atomic E-state index is 0.0655. The molecule has 0 bridgehead atoms. The molecule has 1 aliphatic heterocycles. The SMILES string of the molecule is Cc1cc(NC(=O)CSC2=NC(C)(C)N=C2c2ccc(Br)cc2)ccc1Br. The highest BCUT2D eigenvalue weighted by Gasteiger charge is 2.28. The molecule has 0 saturated heterocycles. The van der Waals surface area contributed by atoms with Crippen molar-refractivity contribution in [3.8, 4) is 0 Å². The molecule has 0 atom stereocenters. The average Bonchev–Trinajstić information content (AvgIpc) is 2.92. The third-order valence-corrected chi connectivity index (χ3v) is 6.25. The predicted molar refractivity (Wildman–Crippen MR) is 122 cm³/mol. The first-order valence-corrected chi connectivity index (χ1v) is 11.0. The Bertz CT molecular complexity index is 937. The Morgan fingerprint density at radius 2 is 1.81 bits per heavy atom. The summed E-state index contributed by atoms with van der Waals surface area (Å²) >= 11 is 8.33. The molecular formula is C20H19Br2N3OS. The third kappa shape index (κ3) is 5.30. The number of benzene rings is 2. The van der Waals surface area contributed by atoms with E-state index in [4.69, 9.17) is 4.99 Å². The molecule has 1 N–H and O–H groups in total. The summed E-state index contributed by atoms with van der Waals surface area (Å²) in [4.78, 5) is 21.8. The summed E-state index contributed by atoms with van der Waals surface area (Å²) in [6.07, 6.45) is 0. The highest BCUT2D eigenvalue weighted by molar-refractivity contribution is 9.10. The van der Waals surface area contributed by atoms with Crippen LogP contribution in [0.5, 0.6) is 0 Å². The van der Waals surface area contributed by atoms with Gasteiger partial charge in [0.05, 0.1) is 11.5 Å². The number of anilines is 1. The number of amides is 1. The Hall–Kier alpha value is -1.44. The Labute approximate surface area is 180 Å². The topological polar surface area (TPSA) is 53.8 Å². The molecule has 2 aromatic rings. The number of nitrogens with one attached hydrogen (secondary N) is 1. The molecule has 0 unspecified atom stereocenters. The lowest BCUT2D eigenvalue weighted by Crippen LogP contribution is -2.17. The number of carbonyl (C=O) groups excluding carboxylic acids is 1. The third-order valence-electron chi connectivity index (χ3n) is 3.86. The molecule has 1 aliphatic rings. The highest BCUT2D eigenvalue weighted by Crippen LogP contribution is 2.27. The summed E-state index contributed by atoms with van der Waals surface area (Å²) in [5.74, 6) is 0.212. The maximum absolute atomic E-state index is 12.4. The van der Waals surface area contributed by atoms with E-state index in [1.165, 1.54) is 11.8 Å². The Morgan fingerprint density at radius 1 is 1.11 bits per heavy atom. The largest absolute Gasteiger partial charge is 0.325 e. The smallest absolute Gasteiger partial charge is 0.234 e. The van der Waals surface area contributed by atoms with E-state index in [1.807, 2.05) is 63.2 Å². The van der Waals surface area contributed by atoms with Crippen LogP contribution in [0.2, 0.25) is 0 Å². The summed E-state index contributed by atoms with van der Waals surface area (Å²) in [6, 6.07) is 13.7. The van der Waals surface area contributed by atoms with E-state index in [9.17, 15) is 4.79 Å². The molecule has 0 fully saturated rings. The molecule has 1 heterocycles. The van der Waals surface area contributed by atoms with Gasteiger partial charge in [0.15, 0.2) is 0 Å². The molecule has 2 aromatic carbocycles. The number of thioether (sulfide) groups is 1. The molecule has 0 aromatic heterocycles. The van der Waals surface area contributed by atoms with Crippen LogP contribution in [0, 0.1) is 6.92 Å². The molecule has 1 amide bonds. The maximum Gasteiger partial charge on any atom is 0.234 e.